The molecule has 0 saturated heterocycles. The number of nitrogens with zero attached hydrogens (tertiary/aromatic N) is 1. The van der Waals surface area contributed by atoms with Crippen molar-refractivity contribution < 1.29 is 4.79 Å². The average Bonchev–Trinajstić information content (AvgIpc) is 2.47. The highest BCUT2D eigenvalue weighted by Gasteiger charge is 2.14. The standard InChI is InChI=1S/C16H27N3O/c1-3-19(4-2)13-12-18-15(16(17)20)11-10-14-8-6-5-7-9-14/h5-9,15,18H,3-4,10-13H2,1-2H3,(H2,17,20). The zero-order chi connectivity index (χ0) is 14.8. The third-order valence-electron chi connectivity index (χ3n) is 3.62. The molecule has 0 aromatic heterocycles. The van der Waals surface area contributed by atoms with Gasteiger partial charge < -0.3 is 16.0 Å². The van der Waals surface area contributed by atoms with E-state index in [-0.39, 0.29) is 11.9 Å². The molecule has 20 heavy (non-hydrogen) atoms. The Bertz CT molecular complexity index is 377. The molecule has 0 spiro atoms. The first-order valence-corrected chi connectivity index (χ1v) is 7.46. The molecule has 4 heteroatoms. The van der Waals surface area contributed by atoms with E-state index in [4.69, 9.17) is 5.73 Å². The van der Waals surface area contributed by atoms with Crippen molar-refractivity contribution in [3.05, 3.63) is 35.9 Å². The van der Waals surface area contributed by atoms with E-state index in [2.05, 4.69) is 36.2 Å². The highest BCUT2D eigenvalue weighted by atomic mass is 16.1. The molecule has 0 aliphatic rings. The SMILES string of the molecule is CCN(CC)CCNC(CCc1ccccc1)C(N)=O. The lowest BCUT2D eigenvalue weighted by Gasteiger charge is -2.21. The number of hydrogen-bond acceptors (Lipinski definition) is 3. The summed E-state index contributed by atoms with van der Waals surface area (Å²) in [6.45, 7) is 8.09. The molecule has 0 aliphatic heterocycles. The summed E-state index contributed by atoms with van der Waals surface area (Å²) in [6.07, 6.45) is 1.62. The van der Waals surface area contributed by atoms with E-state index in [1.165, 1.54) is 5.56 Å². The summed E-state index contributed by atoms with van der Waals surface area (Å²) in [5, 5.41) is 3.27. The topological polar surface area (TPSA) is 58.4 Å². The number of primary amides is 1. The number of carbonyl (C=O) groups is 1. The van der Waals surface area contributed by atoms with Gasteiger partial charge in [-0.15, -0.1) is 0 Å². The van der Waals surface area contributed by atoms with Crippen LogP contribution in [0.1, 0.15) is 25.8 Å². The smallest absolute Gasteiger partial charge is 0.234 e. The molecular weight excluding hydrogens is 250 g/mol. The molecule has 0 fully saturated rings. The number of likely N-dealkylation sites (N-methyl/N-ethyl adjacent to an activating group) is 1. The fourth-order valence-corrected chi connectivity index (χ4v) is 2.24. The minimum Gasteiger partial charge on any atom is -0.368 e. The van der Waals surface area contributed by atoms with E-state index in [1.54, 1.807) is 0 Å². The number of nitrogens with one attached hydrogen (secondary N) is 1. The van der Waals surface area contributed by atoms with E-state index in [0.717, 1.165) is 39.0 Å². The predicted octanol–water partition coefficient (Wildman–Crippen LogP) is 1.40. The molecule has 1 unspecified atom stereocenters. The van der Waals surface area contributed by atoms with E-state index in [9.17, 15) is 4.79 Å². The first kappa shape index (κ1) is 16.7. The van der Waals surface area contributed by atoms with Crippen molar-refractivity contribution >= 4 is 5.91 Å². The predicted molar refractivity (Wildman–Crippen MR) is 83.5 cm³/mol. The summed E-state index contributed by atoms with van der Waals surface area (Å²) in [5.41, 5.74) is 6.71. The maximum Gasteiger partial charge on any atom is 0.234 e. The molecule has 1 rings (SSSR count). The van der Waals surface area contributed by atoms with Crippen LogP contribution in [0, 0.1) is 0 Å². The van der Waals surface area contributed by atoms with Crippen LogP contribution < -0.4 is 11.1 Å². The maximum atomic E-state index is 11.5. The molecule has 3 N–H and O–H groups in total. The quantitative estimate of drug-likeness (QED) is 0.680. The molecule has 1 aromatic carbocycles. The Morgan fingerprint density at radius 3 is 2.45 bits per heavy atom. The number of rotatable bonds is 10. The van der Waals surface area contributed by atoms with Gasteiger partial charge in [-0.05, 0) is 31.5 Å². The summed E-state index contributed by atoms with van der Waals surface area (Å²) in [5.74, 6) is -0.263. The van der Waals surface area contributed by atoms with Crippen molar-refractivity contribution in [1.29, 1.82) is 0 Å². The van der Waals surface area contributed by atoms with E-state index in [1.807, 2.05) is 18.2 Å². The Balaban J connectivity index is 2.35. The van der Waals surface area contributed by atoms with Gasteiger partial charge in [0.05, 0.1) is 6.04 Å². The Morgan fingerprint density at radius 2 is 1.90 bits per heavy atom. The lowest BCUT2D eigenvalue weighted by molar-refractivity contribution is -0.120. The van der Waals surface area contributed by atoms with Gasteiger partial charge in [-0.1, -0.05) is 44.2 Å². The van der Waals surface area contributed by atoms with E-state index < -0.39 is 0 Å². The summed E-state index contributed by atoms with van der Waals surface area (Å²) < 4.78 is 0. The summed E-state index contributed by atoms with van der Waals surface area (Å²) in [7, 11) is 0. The van der Waals surface area contributed by atoms with Gasteiger partial charge in [0, 0.05) is 13.1 Å². The Labute approximate surface area is 122 Å². The van der Waals surface area contributed by atoms with Crippen LogP contribution in [0.15, 0.2) is 30.3 Å². The second-order valence-corrected chi connectivity index (χ2v) is 4.96. The number of hydrogen-bond donors (Lipinski definition) is 2. The van der Waals surface area contributed by atoms with Crippen molar-refractivity contribution in [3.8, 4) is 0 Å². The van der Waals surface area contributed by atoms with Crippen LogP contribution in [0.2, 0.25) is 0 Å². The third-order valence-corrected chi connectivity index (χ3v) is 3.62. The lowest BCUT2D eigenvalue weighted by atomic mass is 10.0. The average molecular weight is 277 g/mol. The minimum atomic E-state index is -0.263. The Kier molecular flexibility index (Phi) is 7.92. The molecule has 0 radical (unpaired) electrons. The van der Waals surface area contributed by atoms with Crippen LogP contribution >= 0.6 is 0 Å². The molecule has 0 aliphatic carbocycles. The van der Waals surface area contributed by atoms with Gasteiger partial charge in [-0.2, -0.15) is 0 Å². The molecule has 1 aromatic rings. The van der Waals surface area contributed by atoms with Gasteiger partial charge in [0.2, 0.25) is 5.91 Å². The van der Waals surface area contributed by atoms with Gasteiger partial charge in [-0.3, -0.25) is 4.79 Å². The normalized spacial score (nSPS) is 12.6. The zero-order valence-corrected chi connectivity index (χ0v) is 12.6. The number of amides is 1. The number of carbonyl (C=O) groups excluding carboxylic acids is 1. The second-order valence-electron chi connectivity index (χ2n) is 4.96. The third kappa shape index (κ3) is 6.17. The molecular formula is C16H27N3O. The van der Waals surface area contributed by atoms with Crippen molar-refractivity contribution in [2.24, 2.45) is 5.73 Å². The van der Waals surface area contributed by atoms with Crippen LogP contribution in [0.4, 0.5) is 0 Å². The summed E-state index contributed by atoms with van der Waals surface area (Å²) in [4.78, 5) is 13.8. The molecule has 0 bridgehead atoms. The first-order valence-electron chi connectivity index (χ1n) is 7.46. The fourth-order valence-electron chi connectivity index (χ4n) is 2.24. The summed E-state index contributed by atoms with van der Waals surface area (Å²) >= 11 is 0. The Morgan fingerprint density at radius 1 is 1.25 bits per heavy atom. The van der Waals surface area contributed by atoms with Gasteiger partial charge in [0.15, 0.2) is 0 Å². The lowest BCUT2D eigenvalue weighted by Crippen LogP contribution is -2.44. The van der Waals surface area contributed by atoms with Crippen molar-refractivity contribution in [1.82, 2.24) is 10.2 Å². The van der Waals surface area contributed by atoms with Crippen LogP contribution in [0.5, 0.6) is 0 Å². The fraction of sp³-hybridized carbons (Fsp3) is 0.562. The number of nitrogens with two attached hydrogens (primary N) is 1. The largest absolute Gasteiger partial charge is 0.368 e. The second kappa shape index (κ2) is 9.50. The van der Waals surface area contributed by atoms with Gasteiger partial charge in [0.25, 0.3) is 0 Å². The molecule has 0 saturated carbocycles. The van der Waals surface area contributed by atoms with Crippen LogP contribution in [0.3, 0.4) is 0 Å². The van der Waals surface area contributed by atoms with E-state index in [0.29, 0.717) is 0 Å². The van der Waals surface area contributed by atoms with Gasteiger partial charge in [-0.25, -0.2) is 0 Å². The number of aryl methyl sites for hydroxylation is 1. The monoisotopic (exact) mass is 277 g/mol. The van der Waals surface area contributed by atoms with Crippen molar-refractivity contribution in [2.75, 3.05) is 26.2 Å². The molecule has 112 valence electrons. The van der Waals surface area contributed by atoms with Gasteiger partial charge in [0.1, 0.15) is 0 Å². The van der Waals surface area contributed by atoms with Crippen LogP contribution in [0.25, 0.3) is 0 Å². The van der Waals surface area contributed by atoms with E-state index >= 15 is 0 Å². The molecule has 1 atom stereocenters. The Hall–Kier alpha value is -1.39. The minimum absolute atomic E-state index is 0.245. The van der Waals surface area contributed by atoms with Crippen molar-refractivity contribution in [3.63, 3.8) is 0 Å². The highest BCUT2D eigenvalue weighted by molar-refractivity contribution is 5.79. The number of benzene rings is 1. The van der Waals surface area contributed by atoms with Crippen LogP contribution in [-0.2, 0) is 11.2 Å². The highest BCUT2D eigenvalue weighted by Crippen LogP contribution is 2.05. The van der Waals surface area contributed by atoms with Gasteiger partial charge >= 0.3 is 0 Å². The zero-order valence-electron chi connectivity index (χ0n) is 12.6. The van der Waals surface area contributed by atoms with Crippen LogP contribution in [-0.4, -0.2) is 43.0 Å². The molecule has 4 nitrogen and oxygen atoms in total. The first-order chi connectivity index (χ1) is 9.67. The molecule has 1 amide bonds. The maximum absolute atomic E-state index is 11.5. The summed E-state index contributed by atoms with van der Waals surface area (Å²) in [6, 6.07) is 9.94. The van der Waals surface area contributed by atoms with Crippen molar-refractivity contribution in [2.45, 2.75) is 32.7 Å². The molecule has 0 heterocycles.